The Morgan fingerprint density at radius 3 is 2.71 bits per heavy atom. The summed E-state index contributed by atoms with van der Waals surface area (Å²) in [7, 11) is 0. The van der Waals surface area contributed by atoms with Gasteiger partial charge >= 0.3 is 0 Å². The fourth-order valence-corrected chi connectivity index (χ4v) is 3.26. The average Bonchev–Trinajstić information content (AvgIpc) is 2.72. The SMILES string of the molecule is CC(C)[C@H](C)NC(=O)c1csc2c1CCCC2. The fraction of sp³-hybridized carbons (Fsp3) is 0.643. The highest BCUT2D eigenvalue weighted by Gasteiger charge is 2.21. The molecule has 1 aromatic rings. The molecule has 2 nitrogen and oxygen atoms in total. The maximum atomic E-state index is 12.2. The van der Waals surface area contributed by atoms with Crippen molar-refractivity contribution in [3.63, 3.8) is 0 Å². The van der Waals surface area contributed by atoms with Crippen LogP contribution in [0.15, 0.2) is 5.38 Å². The Labute approximate surface area is 107 Å². The zero-order valence-electron chi connectivity index (χ0n) is 10.9. The number of rotatable bonds is 3. The van der Waals surface area contributed by atoms with Crippen LogP contribution in [-0.2, 0) is 12.8 Å². The molecule has 0 unspecified atom stereocenters. The number of amides is 1. The van der Waals surface area contributed by atoms with E-state index in [1.165, 1.54) is 23.3 Å². The van der Waals surface area contributed by atoms with Gasteiger partial charge in [-0.15, -0.1) is 11.3 Å². The lowest BCUT2D eigenvalue weighted by Crippen LogP contribution is -2.36. The van der Waals surface area contributed by atoms with Crippen molar-refractivity contribution in [1.82, 2.24) is 5.32 Å². The van der Waals surface area contributed by atoms with E-state index in [-0.39, 0.29) is 11.9 Å². The van der Waals surface area contributed by atoms with Gasteiger partial charge in [-0.3, -0.25) is 4.79 Å². The maximum absolute atomic E-state index is 12.2. The van der Waals surface area contributed by atoms with Crippen LogP contribution in [0.4, 0.5) is 0 Å². The van der Waals surface area contributed by atoms with Crippen molar-refractivity contribution in [3.05, 3.63) is 21.4 Å². The van der Waals surface area contributed by atoms with Gasteiger partial charge in [0.1, 0.15) is 0 Å². The van der Waals surface area contributed by atoms with Crippen LogP contribution < -0.4 is 5.32 Å². The molecule has 1 heterocycles. The van der Waals surface area contributed by atoms with E-state index in [1.807, 2.05) is 5.38 Å². The van der Waals surface area contributed by atoms with E-state index in [0.717, 1.165) is 18.4 Å². The average molecular weight is 251 g/mol. The minimum Gasteiger partial charge on any atom is -0.349 e. The number of nitrogens with one attached hydrogen (secondary N) is 1. The summed E-state index contributed by atoms with van der Waals surface area (Å²) in [6.45, 7) is 6.34. The number of carbonyl (C=O) groups excluding carboxylic acids is 1. The molecule has 1 amide bonds. The molecule has 3 heteroatoms. The summed E-state index contributed by atoms with van der Waals surface area (Å²) in [6.07, 6.45) is 4.74. The first-order valence-corrected chi connectivity index (χ1v) is 7.37. The zero-order valence-corrected chi connectivity index (χ0v) is 11.7. The first kappa shape index (κ1) is 12.6. The second kappa shape index (κ2) is 5.21. The van der Waals surface area contributed by atoms with Crippen LogP contribution in [0.2, 0.25) is 0 Å². The minimum atomic E-state index is 0.116. The highest BCUT2D eigenvalue weighted by molar-refractivity contribution is 7.10. The van der Waals surface area contributed by atoms with Gasteiger partial charge in [-0.2, -0.15) is 0 Å². The Morgan fingerprint density at radius 1 is 1.29 bits per heavy atom. The molecule has 0 spiro atoms. The number of thiophene rings is 1. The number of hydrogen-bond acceptors (Lipinski definition) is 2. The van der Waals surface area contributed by atoms with Gasteiger partial charge in [0.05, 0.1) is 5.56 Å². The number of hydrogen-bond donors (Lipinski definition) is 1. The first-order chi connectivity index (χ1) is 8.09. The van der Waals surface area contributed by atoms with E-state index in [9.17, 15) is 4.79 Å². The van der Waals surface area contributed by atoms with Crippen molar-refractivity contribution in [1.29, 1.82) is 0 Å². The molecule has 94 valence electrons. The largest absolute Gasteiger partial charge is 0.349 e. The third kappa shape index (κ3) is 2.71. The Balaban J connectivity index is 2.12. The molecule has 1 aromatic heterocycles. The van der Waals surface area contributed by atoms with Gasteiger partial charge in [-0.25, -0.2) is 0 Å². The number of aryl methyl sites for hydroxylation is 1. The molecule has 0 aliphatic heterocycles. The van der Waals surface area contributed by atoms with E-state index < -0.39 is 0 Å². The highest BCUT2D eigenvalue weighted by atomic mass is 32.1. The molecular formula is C14H21NOS. The number of carbonyl (C=O) groups is 1. The molecule has 0 fully saturated rings. The third-order valence-corrected chi connectivity index (χ3v) is 4.75. The van der Waals surface area contributed by atoms with Crippen LogP contribution in [-0.4, -0.2) is 11.9 Å². The predicted molar refractivity (Wildman–Crippen MR) is 72.7 cm³/mol. The summed E-state index contributed by atoms with van der Waals surface area (Å²) < 4.78 is 0. The van der Waals surface area contributed by atoms with Gasteiger partial charge in [0.15, 0.2) is 0 Å². The van der Waals surface area contributed by atoms with Crippen molar-refractivity contribution in [2.75, 3.05) is 0 Å². The quantitative estimate of drug-likeness (QED) is 0.876. The van der Waals surface area contributed by atoms with Crippen molar-refractivity contribution < 1.29 is 4.79 Å². The van der Waals surface area contributed by atoms with E-state index in [0.29, 0.717) is 5.92 Å². The van der Waals surface area contributed by atoms with Crippen molar-refractivity contribution in [2.24, 2.45) is 5.92 Å². The van der Waals surface area contributed by atoms with Crippen LogP contribution in [0.3, 0.4) is 0 Å². The summed E-state index contributed by atoms with van der Waals surface area (Å²) >= 11 is 1.75. The Hall–Kier alpha value is -0.830. The molecule has 0 saturated heterocycles. The van der Waals surface area contributed by atoms with E-state index >= 15 is 0 Å². The van der Waals surface area contributed by atoms with Crippen LogP contribution >= 0.6 is 11.3 Å². The van der Waals surface area contributed by atoms with Gasteiger partial charge in [-0.05, 0) is 44.1 Å². The van der Waals surface area contributed by atoms with Gasteiger partial charge in [-0.1, -0.05) is 13.8 Å². The van der Waals surface area contributed by atoms with E-state index in [2.05, 4.69) is 26.1 Å². The highest BCUT2D eigenvalue weighted by Crippen LogP contribution is 2.30. The molecule has 0 bridgehead atoms. The molecule has 1 N–H and O–H groups in total. The summed E-state index contributed by atoms with van der Waals surface area (Å²) in [5.41, 5.74) is 2.24. The van der Waals surface area contributed by atoms with Gasteiger partial charge in [0.2, 0.25) is 0 Å². The second-order valence-corrected chi connectivity index (χ2v) is 6.23. The summed E-state index contributed by atoms with van der Waals surface area (Å²) in [5.74, 6) is 0.596. The lowest BCUT2D eigenvalue weighted by molar-refractivity contribution is 0.0930. The molecule has 1 atom stereocenters. The molecule has 17 heavy (non-hydrogen) atoms. The Morgan fingerprint density at radius 2 is 2.00 bits per heavy atom. The molecule has 0 radical (unpaired) electrons. The predicted octanol–water partition coefficient (Wildman–Crippen LogP) is 3.40. The van der Waals surface area contributed by atoms with Crippen LogP contribution in [0.5, 0.6) is 0 Å². The van der Waals surface area contributed by atoms with Gasteiger partial charge in [0, 0.05) is 16.3 Å². The van der Waals surface area contributed by atoms with Crippen molar-refractivity contribution in [3.8, 4) is 0 Å². The smallest absolute Gasteiger partial charge is 0.252 e. The van der Waals surface area contributed by atoms with Crippen molar-refractivity contribution in [2.45, 2.75) is 52.5 Å². The first-order valence-electron chi connectivity index (χ1n) is 6.49. The summed E-state index contributed by atoms with van der Waals surface area (Å²) in [6, 6.07) is 0.238. The Kier molecular flexibility index (Phi) is 3.87. The van der Waals surface area contributed by atoms with Crippen LogP contribution in [0.1, 0.15) is 54.4 Å². The third-order valence-electron chi connectivity index (χ3n) is 3.66. The fourth-order valence-electron chi connectivity index (χ4n) is 2.14. The summed E-state index contributed by atoms with van der Waals surface area (Å²) in [5, 5.41) is 5.14. The van der Waals surface area contributed by atoms with E-state index in [1.54, 1.807) is 11.3 Å². The second-order valence-electron chi connectivity index (χ2n) is 5.26. The Bertz CT molecular complexity index is 408. The topological polar surface area (TPSA) is 29.1 Å². The zero-order chi connectivity index (χ0) is 12.4. The molecule has 0 aromatic carbocycles. The van der Waals surface area contributed by atoms with E-state index in [4.69, 9.17) is 0 Å². The minimum absolute atomic E-state index is 0.116. The monoisotopic (exact) mass is 251 g/mol. The standard InChI is InChI=1S/C14H21NOS/c1-9(2)10(3)15-14(16)12-8-17-13-7-5-4-6-11(12)13/h8-10H,4-7H2,1-3H3,(H,15,16)/t10-/m0/s1. The summed E-state index contributed by atoms with van der Waals surface area (Å²) in [4.78, 5) is 13.6. The van der Waals surface area contributed by atoms with Gasteiger partial charge < -0.3 is 5.32 Å². The molecular weight excluding hydrogens is 230 g/mol. The lowest BCUT2D eigenvalue weighted by atomic mass is 9.95. The van der Waals surface area contributed by atoms with Crippen molar-refractivity contribution >= 4 is 17.2 Å². The maximum Gasteiger partial charge on any atom is 0.252 e. The van der Waals surface area contributed by atoms with Gasteiger partial charge in [0.25, 0.3) is 5.91 Å². The number of fused-ring (bicyclic) bond motifs is 1. The molecule has 0 saturated carbocycles. The van der Waals surface area contributed by atoms with Crippen LogP contribution in [0, 0.1) is 5.92 Å². The normalized spacial score (nSPS) is 16.7. The molecule has 1 aliphatic rings. The lowest BCUT2D eigenvalue weighted by Gasteiger charge is -2.18. The van der Waals surface area contributed by atoms with Crippen LogP contribution in [0.25, 0.3) is 0 Å². The molecule has 2 rings (SSSR count). The molecule has 1 aliphatic carbocycles.